The molecule has 4 nitrogen and oxygen atoms in total. The van der Waals surface area contributed by atoms with Crippen molar-refractivity contribution >= 4 is 5.69 Å². The topological polar surface area (TPSA) is 56.7 Å². The number of rotatable bonds is 3. The Hall–Kier alpha value is -2.76. The Morgan fingerprint density at radius 3 is 2.48 bits per heavy atom. The first-order valence-corrected chi connectivity index (χ1v) is 6.32. The van der Waals surface area contributed by atoms with Crippen molar-refractivity contribution in [3.8, 4) is 11.4 Å². The summed E-state index contributed by atoms with van der Waals surface area (Å²) in [5.41, 5.74) is 7.02. The molecular weight excluding hydrogens is 274 g/mol. The van der Waals surface area contributed by atoms with E-state index in [1.807, 2.05) is 6.07 Å². The van der Waals surface area contributed by atoms with Crippen molar-refractivity contribution in [3.63, 3.8) is 0 Å². The third-order valence-electron chi connectivity index (χ3n) is 3.06. The number of hydrogen-bond acceptors (Lipinski definition) is 3. The van der Waals surface area contributed by atoms with Crippen molar-refractivity contribution in [3.05, 3.63) is 66.0 Å². The lowest BCUT2D eigenvalue weighted by Crippen LogP contribution is -2.05. The molecule has 21 heavy (non-hydrogen) atoms. The van der Waals surface area contributed by atoms with Gasteiger partial charge in [-0.3, -0.25) is 0 Å². The van der Waals surface area contributed by atoms with E-state index in [1.54, 1.807) is 18.2 Å². The van der Waals surface area contributed by atoms with Crippen LogP contribution in [0.25, 0.3) is 11.4 Å². The Morgan fingerprint density at radius 2 is 1.76 bits per heavy atom. The molecule has 2 N–H and O–H groups in total. The van der Waals surface area contributed by atoms with Crippen LogP contribution >= 0.6 is 0 Å². The van der Waals surface area contributed by atoms with Gasteiger partial charge >= 0.3 is 0 Å². The number of hydrogen-bond donors (Lipinski definition) is 1. The van der Waals surface area contributed by atoms with E-state index in [-0.39, 0.29) is 12.1 Å². The number of anilines is 1. The fraction of sp³-hybridized carbons (Fsp3) is 0.0667. The van der Waals surface area contributed by atoms with Crippen molar-refractivity contribution in [2.24, 2.45) is 0 Å². The summed E-state index contributed by atoms with van der Waals surface area (Å²) < 4.78 is 28.6. The highest BCUT2D eigenvalue weighted by molar-refractivity contribution is 5.60. The Kier molecular flexibility index (Phi) is 3.35. The molecule has 0 radical (unpaired) electrons. The lowest BCUT2D eigenvalue weighted by atomic mass is 10.2. The highest BCUT2D eigenvalue weighted by Crippen LogP contribution is 2.18. The number of nitrogens with zero attached hydrogens (tertiary/aromatic N) is 3. The molecule has 0 fully saturated rings. The van der Waals surface area contributed by atoms with Crippen LogP contribution in [0, 0.1) is 11.6 Å². The van der Waals surface area contributed by atoms with Crippen LogP contribution in [0.5, 0.6) is 0 Å². The van der Waals surface area contributed by atoms with Gasteiger partial charge in [-0.15, -0.1) is 0 Å². The zero-order valence-corrected chi connectivity index (χ0v) is 11.0. The van der Waals surface area contributed by atoms with Crippen LogP contribution in [0.2, 0.25) is 0 Å². The minimum absolute atomic E-state index is 0.0200. The largest absolute Gasteiger partial charge is 0.399 e. The molecule has 0 saturated heterocycles. The highest BCUT2D eigenvalue weighted by Gasteiger charge is 2.11. The molecule has 1 heterocycles. The zero-order valence-electron chi connectivity index (χ0n) is 11.0. The monoisotopic (exact) mass is 286 g/mol. The SMILES string of the molecule is Nc1cccc(-c2ncn(Cc3c(F)cccc3F)n2)c1. The van der Waals surface area contributed by atoms with Gasteiger partial charge in [-0.2, -0.15) is 5.10 Å². The van der Waals surface area contributed by atoms with Crippen LogP contribution in [-0.4, -0.2) is 14.8 Å². The Labute approximate surface area is 119 Å². The molecule has 106 valence electrons. The first kappa shape index (κ1) is 13.2. The summed E-state index contributed by atoms with van der Waals surface area (Å²) in [7, 11) is 0. The molecule has 0 aliphatic heterocycles. The molecule has 6 heteroatoms. The second-order valence-electron chi connectivity index (χ2n) is 4.59. The first-order chi connectivity index (χ1) is 10.1. The summed E-state index contributed by atoms with van der Waals surface area (Å²) in [6.07, 6.45) is 1.43. The second kappa shape index (κ2) is 5.32. The Balaban J connectivity index is 1.89. The molecule has 3 rings (SSSR count). The summed E-state index contributed by atoms with van der Waals surface area (Å²) in [4.78, 5) is 4.13. The number of nitrogens with two attached hydrogens (primary N) is 1. The van der Waals surface area contributed by atoms with Crippen molar-refractivity contribution in [1.29, 1.82) is 0 Å². The van der Waals surface area contributed by atoms with Crippen LogP contribution in [0.15, 0.2) is 48.8 Å². The quantitative estimate of drug-likeness (QED) is 0.753. The third kappa shape index (κ3) is 2.74. The predicted molar refractivity (Wildman–Crippen MR) is 75.3 cm³/mol. The smallest absolute Gasteiger partial charge is 0.181 e. The van der Waals surface area contributed by atoms with E-state index in [2.05, 4.69) is 10.1 Å². The van der Waals surface area contributed by atoms with E-state index in [1.165, 1.54) is 29.2 Å². The normalized spacial score (nSPS) is 10.8. The second-order valence-corrected chi connectivity index (χ2v) is 4.59. The van der Waals surface area contributed by atoms with E-state index < -0.39 is 11.6 Å². The summed E-state index contributed by atoms with van der Waals surface area (Å²) in [5, 5.41) is 4.22. The van der Waals surface area contributed by atoms with Crippen LogP contribution in [0.4, 0.5) is 14.5 Å². The fourth-order valence-corrected chi connectivity index (χ4v) is 2.03. The molecule has 0 bridgehead atoms. The molecule has 0 aliphatic rings. The minimum atomic E-state index is -0.601. The average Bonchev–Trinajstić information content (AvgIpc) is 2.92. The number of nitrogen functional groups attached to an aromatic ring is 1. The van der Waals surface area contributed by atoms with E-state index in [4.69, 9.17) is 5.73 Å². The molecule has 0 amide bonds. The predicted octanol–water partition coefficient (Wildman–Crippen LogP) is 2.85. The van der Waals surface area contributed by atoms with Gasteiger partial charge in [0.25, 0.3) is 0 Å². The van der Waals surface area contributed by atoms with Crippen molar-refractivity contribution in [2.75, 3.05) is 5.73 Å². The average molecular weight is 286 g/mol. The van der Waals surface area contributed by atoms with Crippen molar-refractivity contribution < 1.29 is 8.78 Å². The Bertz CT molecular complexity index is 763. The fourth-order valence-electron chi connectivity index (χ4n) is 2.03. The molecule has 0 spiro atoms. The summed E-state index contributed by atoms with van der Waals surface area (Å²) in [6.45, 7) is -0.0200. The molecule has 0 unspecified atom stereocenters. The lowest BCUT2D eigenvalue weighted by molar-refractivity contribution is 0.533. The van der Waals surface area contributed by atoms with Gasteiger partial charge in [0.05, 0.1) is 6.54 Å². The minimum Gasteiger partial charge on any atom is -0.399 e. The van der Waals surface area contributed by atoms with Crippen molar-refractivity contribution in [1.82, 2.24) is 14.8 Å². The van der Waals surface area contributed by atoms with Gasteiger partial charge in [-0.25, -0.2) is 18.4 Å². The van der Waals surface area contributed by atoms with Crippen molar-refractivity contribution in [2.45, 2.75) is 6.54 Å². The molecule has 0 saturated carbocycles. The van der Waals surface area contributed by atoms with Gasteiger partial charge in [0.15, 0.2) is 5.82 Å². The molecular formula is C15H12F2N4. The van der Waals surface area contributed by atoms with Gasteiger partial charge in [0.2, 0.25) is 0 Å². The van der Waals surface area contributed by atoms with E-state index in [0.29, 0.717) is 11.5 Å². The lowest BCUT2D eigenvalue weighted by Gasteiger charge is -2.04. The number of benzene rings is 2. The standard InChI is InChI=1S/C15H12F2N4/c16-13-5-2-6-14(17)12(13)8-21-9-19-15(20-21)10-3-1-4-11(18)7-10/h1-7,9H,8,18H2. The Morgan fingerprint density at radius 1 is 1.05 bits per heavy atom. The molecule has 1 aromatic heterocycles. The molecule has 0 atom stereocenters. The number of aromatic nitrogens is 3. The van der Waals surface area contributed by atoms with Gasteiger partial charge in [0.1, 0.15) is 18.0 Å². The number of halogens is 2. The van der Waals surface area contributed by atoms with Gasteiger partial charge in [0, 0.05) is 16.8 Å². The van der Waals surface area contributed by atoms with E-state index in [9.17, 15) is 8.78 Å². The summed E-state index contributed by atoms with van der Waals surface area (Å²) >= 11 is 0. The third-order valence-corrected chi connectivity index (χ3v) is 3.06. The maximum absolute atomic E-state index is 13.6. The molecule has 0 aliphatic carbocycles. The van der Waals surface area contributed by atoms with Gasteiger partial charge in [-0.05, 0) is 24.3 Å². The van der Waals surface area contributed by atoms with Crippen LogP contribution in [0.3, 0.4) is 0 Å². The van der Waals surface area contributed by atoms with Gasteiger partial charge < -0.3 is 5.73 Å². The first-order valence-electron chi connectivity index (χ1n) is 6.32. The molecule has 2 aromatic carbocycles. The maximum atomic E-state index is 13.6. The van der Waals surface area contributed by atoms with Gasteiger partial charge in [-0.1, -0.05) is 18.2 Å². The molecule has 3 aromatic rings. The maximum Gasteiger partial charge on any atom is 0.181 e. The summed E-state index contributed by atoms with van der Waals surface area (Å²) in [6, 6.07) is 10.9. The van der Waals surface area contributed by atoms with E-state index >= 15 is 0 Å². The zero-order chi connectivity index (χ0) is 14.8. The van der Waals surface area contributed by atoms with Crippen LogP contribution < -0.4 is 5.73 Å². The van der Waals surface area contributed by atoms with E-state index in [0.717, 1.165) is 5.56 Å². The van der Waals surface area contributed by atoms with Crippen LogP contribution in [0.1, 0.15) is 5.56 Å². The highest BCUT2D eigenvalue weighted by atomic mass is 19.1. The van der Waals surface area contributed by atoms with Crippen LogP contribution in [-0.2, 0) is 6.54 Å². The summed E-state index contributed by atoms with van der Waals surface area (Å²) in [5.74, 6) is -0.744.